The second-order valence-electron chi connectivity index (χ2n) is 4.18. The van der Waals surface area contributed by atoms with Gasteiger partial charge in [-0.1, -0.05) is 6.07 Å². The Labute approximate surface area is 123 Å². The minimum absolute atomic E-state index is 0.260. The Hall–Kier alpha value is -2.52. The molecule has 0 bridgehead atoms. The predicted octanol–water partition coefficient (Wildman–Crippen LogP) is 2.44. The quantitative estimate of drug-likeness (QED) is 0.943. The zero-order chi connectivity index (χ0) is 15.2. The van der Waals surface area contributed by atoms with Gasteiger partial charge in [-0.3, -0.25) is 9.00 Å². The van der Waals surface area contributed by atoms with E-state index < -0.39 is 22.5 Å². The highest BCUT2D eigenvalue weighted by Crippen LogP contribution is 2.11. The van der Waals surface area contributed by atoms with Gasteiger partial charge in [-0.15, -0.1) is 0 Å². The van der Waals surface area contributed by atoms with Gasteiger partial charge in [-0.25, -0.2) is 4.39 Å². The number of halogens is 1. The molecule has 6 heteroatoms. The first-order chi connectivity index (χ1) is 10.1. The summed E-state index contributed by atoms with van der Waals surface area (Å²) in [4.78, 5) is 12.0. The summed E-state index contributed by atoms with van der Waals surface area (Å²) in [6.45, 7) is 0. The smallest absolute Gasteiger partial charge is 0.237 e. The molecular formula is C15H11FN2O2S. The van der Waals surface area contributed by atoms with E-state index in [1.54, 1.807) is 24.3 Å². The number of carbonyl (C=O) groups is 1. The monoisotopic (exact) mass is 302 g/mol. The predicted molar refractivity (Wildman–Crippen MR) is 77.5 cm³/mol. The summed E-state index contributed by atoms with van der Waals surface area (Å²) in [5, 5.41) is 11.2. The van der Waals surface area contributed by atoms with Crippen molar-refractivity contribution in [1.29, 1.82) is 5.26 Å². The van der Waals surface area contributed by atoms with Crippen molar-refractivity contribution in [2.24, 2.45) is 0 Å². The molecule has 2 rings (SSSR count). The number of hydrogen-bond donors (Lipinski definition) is 1. The van der Waals surface area contributed by atoms with E-state index in [0.717, 1.165) is 6.07 Å². The third-order valence-corrected chi connectivity index (χ3v) is 3.92. The van der Waals surface area contributed by atoms with Crippen LogP contribution in [0.15, 0.2) is 53.4 Å². The number of hydrogen-bond acceptors (Lipinski definition) is 3. The number of carbonyl (C=O) groups excluding carboxylic acids is 1. The Bertz CT molecular complexity index is 723. The number of nitrogens with zero attached hydrogens (tertiary/aromatic N) is 1. The Morgan fingerprint density at radius 2 is 1.95 bits per heavy atom. The number of amides is 1. The molecule has 106 valence electrons. The van der Waals surface area contributed by atoms with E-state index in [1.807, 2.05) is 6.07 Å². The van der Waals surface area contributed by atoms with Gasteiger partial charge in [0, 0.05) is 10.6 Å². The highest BCUT2D eigenvalue weighted by Gasteiger charge is 2.11. The van der Waals surface area contributed by atoms with Gasteiger partial charge in [-0.05, 0) is 42.5 Å². The van der Waals surface area contributed by atoms with Crippen LogP contribution in [0.1, 0.15) is 5.56 Å². The maximum absolute atomic E-state index is 13.0. The lowest BCUT2D eigenvalue weighted by Gasteiger charge is -2.05. The minimum atomic E-state index is -1.61. The number of benzene rings is 2. The lowest BCUT2D eigenvalue weighted by molar-refractivity contribution is -0.113. The SMILES string of the molecule is N#Cc1ccc(NC(=O)CS(=O)c2cccc(F)c2)cc1. The van der Waals surface area contributed by atoms with Crippen molar-refractivity contribution in [2.75, 3.05) is 11.1 Å². The molecule has 0 aliphatic rings. The van der Waals surface area contributed by atoms with Gasteiger partial charge in [0.2, 0.25) is 5.91 Å². The van der Waals surface area contributed by atoms with E-state index in [-0.39, 0.29) is 10.6 Å². The fourth-order valence-corrected chi connectivity index (χ4v) is 2.59. The molecule has 0 spiro atoms. The van der Waals surface area contributed by atoms with Gasteiger partial charge >= 0.3 is 0 Å². The molecule has 0 aromatic heterocycles. The van der Waals surface area contributed by atoms with Crippen LogP contribution in [0.5, 0.6) is 0 Å². The first-order valence-electron chi connectivity index (χ1n) is 6.02. The Morgan fingerprint density at radius 1 is 1.24 bits per heavy atom. The van der Waals surface area contributed by atoms with Crippen LogP contribution >= 0.6 is 0 Å². The standard InChI is InChI=1S/C15H11FN2O2S/c16-12-2-1-3-14(8-12)21(20)10-15(19)18-13-6-4-11(9-17)5-7-13/h1-8H,10H2,(H,18,19). The van der Waals surface area contributed by atoms with Gasteiger partial charge < -0.3 is 5.32 Å². The number of nitriles is 1. The second-order valence-corrected chi connectivity index (χ2v) is 5.64. The van der Waals surface area contributed by atoms with E-state index in [1.165, 1.54) is 18.2 Å². The fraction of sp³-hybridized carbons (Fsp3) is 0.0667. The van der Waals surface area contributed by atoms with E-state index in [0.29, 0.717) is 11.3 Å². The van der Waals surface area contributed by atoms with Crippen LogP contribution in [-0.4, -0.2) is 15.9 Å². The van der Waals surface area contributed by atoms with Gasteiger partial charge in [0.25, 0.3) is 0 Å². The average Bonchev–Trinajstić information content (AvgIpc) is 2.48. The molecule has 4 nitrogen and oxygen atoms in total. The Kier molecular flexibility index (Phi) is 4.80. The zero-order valence-electron chi connectivity index (χ0n) is 10.9. The molecule has 21 heavy (non-hydrogen) atoms. The summed E-state index contributed by atoms with van der Waals surface area (Å²) >= 11 is 0. The summed E-state index contributed by atoms with van der Waals surface area (Å²) in [6, 6.07) is 13.6. The summed E-state index contributed by atoms with van der Waals surface area (Å²) in [6.07, 6.45) is 0. The molecule has 1 unspecified atom stereocenters. The maximum atomic E-state index is 13.0. The van der Waals surface area contributed by atoms with Crippen LogP contribution in [0, 0.1) is 17.1 Å². The van der Waals surface area contributed by atoms with Crippen molar-refractivity contribution < 1.29 is 13.4 Å². The third kappa shape index (κ3) is 4.23. The van der Waals surface area contributed by atoms with Crippen LogP contribution < -0.4 is 5.32 Å². The van der Waals surface area contributed by atoms with Crippen molar-refractivity contribution in [2.45, 2.75) is 4.90 Å². The zero-order valence-corrected chi connectivity index (χ0v) is 11.7. The van der Waals surface area contributed by atoms with Gasteiger partial charge in [0.1, 0.15) is 11.6 Å². The molecule has 0 heterocycles. The largest absolute Gasteiger partial charge is 0.325 e. The van der Waals surface area contributed by atoms with Crippen LogP contribution in [0.25, 0.3) is 0 Å². The summed E-state index contributed by atoms with van der Waals surface area (Å²) in [5.41, 5.74) is 0.992. The summed E-state index contributed by atoms with van der Waals surface area (Å²) in [7, 11) is -1.61. The number of nitrogens with one attached hydrogen (secondary N) is 1. The molecule has 2 aromatic carbocycles. The normalized spacial score (nSPS) is 11.4. The highest BCUT2D eigenvalue weighted by molar-refractivity contribution is 7.85. The first kappa shape index (κ1) is 14.9. The topological polar surface area (TPSA) is 70.0 Å². The van der Waals surface area contributed by atoms with Crippen molar-refractivity contribution in [3.63, 3.8) is 0 Å². The molecular weight excluding hydrogens is 291 g/mol. The summed E-state index contributed by atoms with van der Waals surface area (Å²) < 4.78 is 25.0. The lowest BCUT2D eigenvalue weighted by Crippen LogP contribution is -2.19. The van der Waals surface area contributed by atoms with Crippen LogP contribution in [0.2, 0.25) is 0 Å². The van der Waals surface area contributed by atoms with E-state index in [9.17, 15) is 13.4 Å². The van der Waals surface area contributed by atoms with E-state index >= 15 is 0 Å². The van der Waals surface area contributed by atoms with Crippen molar-refractivity contribution in [1.82, 2.24) is 0 Å². The molecule has 0 radical (unpaired) electrons. The van der Waals surface area contributed by atoms with E-state index in [2.05, 4.69) is 5.32 Å². The van der Waals surface area contributed by atoms with Gasteiger partial charge in [0.15, 0.2) is 0 Å². The molecule has 1 N–H and O–H groups in total. The Balaban J connectivity index is 1.98. The fourth-order valence-electron chi connectivity index (χ4n) is 1.64. The lowest BCUT2D eigenvalue weighted by atomic mass is 10.2. The van der Waals surface area contributed by atoms with Crippen LogP contribution in [0.4, 0.5) is 10.1 Å². The molecule has 2 aromatic rings. The third-order valence-electron chi connectivity index (χ3n) is 2.62. The molecule has 0 aliphatic heterocycles. The molecule has 1 amide bonds. The molecule has 0 fully saturated rings. The van der Waals surface area contributed by atoms with Crippen molar-refractivity contribution in [3.05, 3.63) is 59.9 Å². The molecule has 0 aliphatic carbocycles. The highest BCUT2D eigenvalue weighted by atomic mass is 32.2. The molecule has 0 saturated carbocycles. The molecule has 1 atom stereocenters. The number of rotatable bonds is 4. The van der Waals surface area contributed by atoms with Crippen LogP contribution in [-0.2, 0) is 15.6 Å². The molecule has 0 saturated heterocycles. The van der Waals surface area contributed by atoms with Gasteiger partial charge in [0.05, 0.1) is 22.4 Å². The average molecular weight is 302 g/mol. The Morgan fingerprint density at radius 3 is 2.57 bits per heavy atom. The maximum Gasteiger partial charge on any atom is 0.237 e. The first-order valence-corrected chi connectivity index (χ1v) is 7.34. The van der Waals surface area contributed by atoms with Crippen molar-refractivity contribution in [3.8, 4) is 6.07 Å². The minimum Gasteiger partial charge on any atom is -0.325 e. The van der Waals surface area contributed by atoms with Crippen LogP contribution in [0.3, 0.4) is 0 Å². The van der Waals surface area contributed by atoms with E-state index in [4.69, 9.17) is 5.26 Å². The second kappa shape index (κ2) is 6.77. The van der Waals surface area contributed by atoms with Gasteiger partial charge in [-0.2, -0.15) is 5.26 Å². The number of anilines is 1. The van der Waals surface area contributed by atoms with Crippen molar-refractivity contribution >= 4 is 22.4 Å². The summed E-state index contributed by atoms with van der Waals surface area (Å²) in [5.74, 6) is -1.20.